The quantitative estimate of drug-likeness (QED) is 0.658. The minimum atomic E-state index is -2.29. The first kappa shape index (κ1) is 18.1. The fourth-order valence-corrected chi connectivity index (χ4v) is 2.42. The summed E-state index contributed by atoms with van der Waals surface area (Å²) < 4.78 is 0. The second-order valence-electron chi connectivity index (χ2n) is 5.27. The average Bonchev–Trinajstić information content (AvgIpc) is 2.40. The highest BCUT2D eigenvalue weighted by atomic mass is 35.5. The number of Topliss-reactive ketones (excluding diaryl/α,β-unsaturated/α-hetero) is 1. The van der Waals surface area contributed by atoms with Gasteiger partial charge in [-0.2, -0.15) is 0 Å². The molecule has 0 saturated heterocycles. The summed E-state index contributed by atoms with van der Waals surface area (Å²) >= 11 is 5.78. The molecule has 3 atom stereocenters. The van der Waals surface area contributed by atoms with Crippen LogP contribution in [0.25, 0.3) is 0 Å². The van der Waals surface area contributed by atoms with Gasteiger partial charge in [0.2, 0.25) is 0 Å². The Morgan fingerprint density at radius 1 is 1.00 bits per heavy atom. The molecule has 0 aromatic heterocycles. The lowest BCUT2D eigenvalue weighted by Gasteiger charge is -2.24. The lowest BCUT2D eigenvalue weighted by atomic mass is 9.78. The number of carboxylic acid groups (broad SMARTS) is 2. The summed E-state index contributed by atoms with van der Waals surface area (Å²) in [7, 11) is 0. The summed E-state index contributed by atoms with van der Waals surface area (Å²) in [6.45, 7) is 3.42. The molecule has 0 radical (unpaired) electrons. The van der Waals surface area contributed by atoms with Crippen molar-refractivity contribution in [3.8, 4) is 0 Å². The molecule has 0 aliphatic rings. The Labute approximate surface area is 132 Å². The maximum Gasteiger partial charge on any atom is 0.333 e. The summed E-state index contributed by atoms with van der Waals surface area (Å²) in [5.74, 6) is -7.43. The van der Waals surface area contributed by atoms with Crippen LogP contribution in [0.1, 0.15) is 25.3 Å². The molecule has 0 aliphatic carbocycles. The molecule has 0 amide bonds. The van der Waals surface area contributed by atoms with E-state index >= 15 is 0 Å². The molecule has 3 N–H and O–H groups in total. The normalized spacial score (nSPS) is 15.1. The highest BCUT2D eigenvalue weighted by molar-refractivity contribution is 6.30. The molecule has 0 fully saturated rings. The maximum absolute atomic E-state index is 12.5. The molecule has 1 aromatic carbocycles. The first-order valence-electron chi connectivity index (χ1n) is 6.59. The van der Waals surface area contributed by atoms with Crippen LogP contribution in [0.4, 0.5) is 0 Å². The van der Waals surface area contributed by atoms with E-state index in [9.17, 15) is 19.5 Å². The van der Waals surface area contributed by atoms with Crippen molar-refractivity contribution >= 4 is 29.3 Å². The van der Waals surface area contributed by atoms with E-state index in [1.54, 1.807) is 38.1 Å². The second kappa shape index (κ2) is 7.38. The largest absolute Gasteiger partial charge is 0.481 e. The third kappa shape index (κ3) is 4.05. The van der Waals surface area contributed by atoms with Crippen LogP contribution in [0.15, 0.2) is 24.3 Å². The van der Waals surface area contributed by atoms with Gasteiger partial charge in [-0.3, -0.25) is 9.59 Å². The van der Waals surface area contributed by atoms with Crippen LogP contribution in [-0.2, 0) is 14.4 Å². The van der Waals surface area contributed by atoms with E-state index in [0.29, 0.717) is 10.6 Å². The Hall–Kier alpha value is -1.92. The molecule has 0 saturated carbocycles. The molecule has 120 valence electrons. The topological polar surface area (TPSA) is 112 Å². The fraction of sp³-hybridized carbons (Fsp3) is 0.400. The van der Waals surface area contributed by atoms with Crippen LogP contribution in [0.2, 0.25) is 5.02 Å². The summed E-state index contributed by atoms with van der Waals surface area (Å²) in [4.78, 5) is 34.6. The Morgan fingerprint density at radius 2 is 1.50 bits per heavy atom. The summed E-state index contributed by atoms with van der Waals surface area (Å²) in [5.41, 5.74) is 0.522. The van der Waals surface area contributed by atoms with Crippen molar-refractivity contribution in [3.63, 3.8) is 0 Å². The van der Waals surface area contributed by atoms with Gasteiger partial charge in [-0.25, -0.2) is 4.79 Å². The Bertz CT molecular complexity index is 566. The van der Waals surface area contributed by atoms with E-state index in [0.717, 1.165) is 0 Å². The molecule has 6 nitrogen and oxygen atoms in total. The SMILES string of the molecule is CC(C)[C@H](C(=O)[C@H](C(=O)O)[C@@H](O)C(=O)O)c1ccc(Cl)cc1. The number of carboxylic acids is 2. The highest BCUT2D eigenvalue weighted by Crippen LogP contribution is 2.30. The van der Waals surface area contributed by atoms with Gasteiger partial charge in [0.25, 0.3) is 0 Å². The monoisotopic (exact) mass is 328 g/mol. The zero-order valence-electron chi connectivity index (χ0n) is 12.1. The standard InChI is InChI=1S/C15H17ClO6/c1-7(2)10(8-3-5-9(16)6-4-8)12(17)11(14(19)20)13(18)15(21)22/h3-7,10-11,13,18H,1-2H3,(H,19,20)(H,21,22)/t10-,11-,13+/m0/s1. The number of hydrogen-bond donors (Lipinski definition) is 3. The number of carbonyl (C=O) groups excluding carboxylic acids is 1. The zero-order chi connectivity index (χ0) is 17.0. The minimum Gasteiger partial charge on any atom is -0.481 e. The van der Waals surface area contributed by atoms with Gasteiger partial charge in [0.1, 0.15) is 0 Å². The van der Waals surface area contributed by atoms with Crippen LogP contribution < -0.4 is 0 Å². The molecule has 0 heterocycles. The first-order chi connectivity index (χ1) is 10.2. The molecule has 0 aliphatic heterocycles. The number of carbonyl (C=O) groups is 3. The molecule has 7 heteroatoms. The van der Waals surface area contributed by atoms with Crippen LogP contribution in [0, 0.1) is 11.8 Å². The number of hydrogen-bond acceptors (Lipinski definition) is 4. The van der Waals surface area contributed by atoms with Crippen molar-refractivity contribution in [2.75, 3.05) is 0 Å². The zero-order valence-corrected chi connectivity index (χ0v) is 12.8. The van der Waals surface area contributed by atoms with Crippen molar-refractivity contribution in [2.24, 2.45) is 11.8 Å². The minimum absolute atomic E-state index is 0.281. The molecular weight excluding hydrogens is 312 g/mol. The van der Waals surface area contributed by atoms with Crippen LogP contribution in [0.5, 0.6) is 0 Å². The van der Waals surface area contributed by atoms with Crippen molar-refractivity contribution < 1.29 is 29.7 Å². The number of aliphatic hydroxyl groups excluding tert-OH is 1. The van der Waals surface area contributed by atoms with Gasteiger partial charge in [0.15, 0.2) is 17.8 Å². The van der Waals surface area contributed by atoms with E-state index in [4.69, 9.17) is 21.8 Å². The first-order valence-corrected chi connectivity index (χ1v) is 6.97. The van der Waals surface area contributed by atoms with E-state index in [-0.39, 0.29) is 5.92 Å². The van der Waals surface area contributed by atoms with Crippen LogP contribution >= 0.6 is 11.6 Å². The molecule has 0 spiro atoms. The summed E-state index contributed by atoms with van der Waals surface area (Å²) in [5, 5.41) is 27.9. The molecule has 0 bridgehead atoms. The van der Waals surface area contributed by atoms with Gasteiger partial charge >= 0.3 is 11.9 Å². The lowest BCUT2D eigenvalue weighted by Crippen LogP contribution is -2.43. The third-order valence-electron chi connectivity index (χ3n) is 3.34. The second-order valence-corrected chi connectivity index (χ2v) is 5.71. The number of aliphatic carboxylic acids is 2. The van der Waals surface area contributed by atoms with Crippen molar-refractivity contribution in [3.05, 3.63) is 34.9 Å². The van der Waals surface area contributed by atoms with Crippen molar-refractivity contribution in [1.29, 1.82) is 0 Å². The van der Waals surface area contributed by atoms with E-state index in [1.807, 2.05) is 0 Å². The Morgan fingerprint density at radius 3 is 1.86 bits per heavy atom. The highest BCUT2D eigenvalue weighted by Gasteiger charge is 2.42. The third-order valence-corrected chi connectivity index (χ3v) is 3.60. The van der Waals surface area contributed by atoms with Gasteiger partial charge in [0, 0.05) is 10.9 Å². The van der Waals surface area contributed by atoms with Gasteiger partial charge in [-0.15, -0.1) is 0 Å². The molecule has 1 aromatic rings. The number of aliphatic hydroxyl groups is 1. The van der Waals surface area contributed by atoms with Crippen LogP contribution in [0.3, 0.4) is 0 Å². The number of rotatable bonds is 7. The predicted octanol–water partition coefficient (Wildman–Crippen LogP) is 1.79. The van der Waals surface area contributed by atoms with Gasteiger partial charge in [-0.05, 0) is 23.6 Å². The summed E-state index contributed by atoms with van der Waals surface area (Å²) in [6.07, 6.45) is -2.29. The molecule has 0 unspecified atom stereocenters. The van der Waals surface area contributed by atoms with Crippen LogP contribution in [-0.4, -0.2) is 39.1 Å². The van der Waals surface area contributed by atoms with Gasteiger partial charge < -0.3 is 15.3 Å². The lowest BCUT2D eigenvalue weighted by molar-refractivity contribution is -0.163. The Balaban J connectivity index is 3.24. The van der Waals surface area contributed by atoms with Crippen molar-refractivity contribution in [1.82, 2.24) is 0 Å². The van der Waals surface area contributed by atoms with Gasteiger partial charge in [-0.1, -0.05) is 37.6 Å². The molecular formula is C15H17ClO6. The number of ketones is 1. The number of halogens is 1. The maximum atomic E-state index is 12.5. The van der Waals surface area contributed by atoms with Crippen molar-refractivity contribution in [2.45, 2.75) is 25.9 Å². The predicted molar refractivity (Wildman–Crippen MR) is 78.8 cm³/mol. The molecule has 1 rings (SSSR count). The molecule has 22 heavy (non-hydrogen) atoms. The smallest absolute Gasteiger partial charge is 0.333 e. The number of benzene rings is 1. The average molecular weight is 329 g/mol. The van der Waals surface area contributed by atoms with E-state index in [2.05, 4.69) is 0 Å². The summed E-state index contributed by atoms with van der Waals surface area (Å²) in [6, 6.07) is 6.28. The van der Waals surface area contributed by atoms with E-state index < -0.39 is 35.7 Å². The fourth-order valence-electron chi connectivity index (χ4n) is 2.30. The van der Waals surface area contributed by atoms with E-state index in [1.165, 1.54) is 0 Å². The Kier molecular flexibility index (Phi) is 6.08. The van der Waals surface area contributed by atoms with Gasteiger partial charge in [0.05, 0.1) is 0 Å².